The molecule has 0 unspecified atom stereocenters. The first-order valence-corrected chi connectivity index (χ1v) is 15.7. The molecule has 1 N–H and O–H groups in total. The maximum atomic E-state index is 13.7. The Morgan fingerprint density at radius 2 is 1.90 bits per heavy atom. The van der Waals surface area contributed by atoms with Crippen LogP contribution in [0, 0.1) is 5.82 Å². The molecule has 0 atom stereocenters. The Morgan fingerprint density at radius 1 is 1.20 bits per heavy atom. The van der Waals surface area contributed by atoms with Gasteiger partial charge in [0.05, 0.1) is 34.8 Å². The van der Waals surface area contributed by atoms with E-state index in [4.69, 9.17) is 25.5 Å². The van der Waals surface area contributed by atoms with Crippen molar-refractivity contribution in [2.45, 2.75) is 25.4 Å². The minimum absolute atomic E-state index is 0.0507. The maximum absolute atomic E-state index is 13.7. The van der Waals surface area contributed by atoms with Crippen molar-refractivity contribution >= 4 is 65.8 Å². The number of rotatable bonds is 10. The summed E-state index contributed by atoms with van der Waals surface area (Å²) < 4.78 is 59.0. The van der Waals surface area contributed by atoms with E-state index >= 15 is 0 Å². The van der Waals surface area contributed by atoms with Crippen LogP contribution in [0.3, 0.4) is 0 Å². The van der Waals surface area contributed by atoms with Gasteiger partial charge in [0.2, 0.25) is 10.0 Å². The Balaban J connectivity index is 1.74. The molecular formula is C29H27BrClFN2O6S. The van der Waals surface area contributed by atoms with Gasteiger partial charge in [-0.05, 0) is 88.3 Å². The van der Waals surface area contributed by atoms with Crippen molar-refractivity contribution in [3.8, 4) is 11.3 Å². The number of fused-ring (bicyclic) bond motifs is 1. The molecular weight excluding hydrogens is 639 g/mol. The van der Waals surface area contributed by atoms with Crippen LogP contribution in [0.1, 0.15) is 40.2 Å². The number of halogens is 3. The van der Waals surface area contributed by atoms with Gasteiger partial charge in [0.15, 0.2) is 0 Å². The zero-order valence-corrected chi connectivity index (χ0v) is 25.6. The number of ether oxygens (including phenoxy) is 2. The van der Waals surface area contributed by atoms with Gasteiger partial charge >= 0.3 is 0 Å². The van der Waals surface area contributed by atoms with Gasteiger partial charge in [0.25, 0.3) is 5.91 Å². The number of benzene rings is 3. The lowest BCUT2D eigenvalue weighted by atomic mass is 10.00. The minimum Gasteiger partial charge on any atom is -0.455 e. The number of carbonyl (C=O) groups excluding carboxylic acids is 1. The van der Waals surface area contributed by atoms with Crippen molar-refractivity contribution in [2.24, 2.45) is 0 Å². The molecule has 1 saturated carbocycles. The van der Waals surface area contributed by atoms with Crippen LogP contribution in [0.25, 0.3) is 22.3 Å². The first kappa shape index (κ1) is 29.5. The molecule has 0 saturated heterocycles. The summed E-state index contributed by atoms with van der Waals surface area (Å²) in [5, 5.41) is 3.49. The highest BCUT2D eigenvalue weighted by Gasteiger charge is 2.34. The number of hydrogen-bond acceptors (Lipinski definition) is 6. The predicted octanol–water partition coefficient (Wildman–Crippen LogP) is 7.11. The topological polar surface area (TPSA) is 98.1 Å². The van der Waals surface area contributed by atoms with Crippen molar-refractivity contribution in [2.75, 3.05) is 31.5 Å². The van der Waals surface area contributed by atoms with Gasteiger partial charge in [-0.2, -0.15) is 0 Å². The van der Waals surface area contributed by atoms with E-state index in [9.17, 15) is 17.6 Å². The van der Waals surface area contributed by atoms with E-state index in [0.717, 1.165) is 24.7 Å². The number of nitrogens with zero attached hydrogens (tertiary/aromatic N) is 1. The van der Waals surface area contributed by atoms with Crippen molar-refractivity contribution in [1.82, 2.24) is 5.32 Å². The van der Waals surface area contributed by atoms with Crippen LogP contribution in [0.5, 0.6) is 0 Å². The van der Waals surface area contributed by atoms with E-state index in [1.54, 1.807) is 18.2 Å². The zero-order chi connectivity index (χ0) is 29.5. The van der Waals surface area contributed by atoms with Crippen LogP contribution in [0.2, 0.25) is 5.02 Å². The molecule has 216 valence electrons. The average Bonchev–Trinajstić information content (AvgIpc) is 3.70. The van der Waals surface area contributed by atoms with Crippen LogP contribution in [0.15, 0.2) is 57.4 Å². The second-order valence-corrected chi connectivity index (χ2v) is 12.8. The van der Waals surface area contributed by atoms with Crippen LogP contribution in [-0.2, 0) is 26.1 Å². The fourth-order valence-corrected chi connectivity index (χ4v) is 6.38. The Hall–Kier alpha value is -2.96. The van der Waals surface area contributed by atoms with Crippen LogP contribution < -0.4 is 9.62 Å². The minimum atomic E-state index is -3.89. The van der Waals surface area contributed by atoms with Gasteiger partial charge in [-0.25, -0.2) is 17.1 Å². The Kier molecular flexibility index (Phi) is 8.45. The molecule has 1 fully saturated rings. The van der Waals surface area contributed by atoms with Gasteiger partial charge in [0, 0.05) is 35.6 Å². The molecule has 12 heteroatoms. The monoisotopic (exact) mass is 664 g/mol. The maximum Gasteiger partial charge on any atom is 0.255 e. The van der Waals surface area contributed by atoms with Gasteiger partial charge in [0.1, 0.15) is 24.0 Å². The number of anilines is 2. The van der Waals surface area contributed by atoms with Gasteiger partial charge in [-0.3, -0.25) is 4.79 Å². The third kappa shape index (κ3) is 6.00. The number of nitrogens with one attached hydrogen (secondary N) is 1. The molecule has 1 aliphatic carbocycles. The fourth-order valence-electron chi connectivity index (χ4n) is 4.80. The van der Waals surface area contributed by atoms with E-state index in [1.165, 1.54) is 42.7 Å². The molecule has 5 rings (SSSR count). The molecule has 0 aliphatic heterocycles. The molecule has 1 aromatic heterocycles. The summed E-state index contributed by atoms with van der Waals surface area (Å²) in [5.74, 6) is -0.448. The molecule has 0 radical (unpaired) electrons. The average molecular weight is 666 g/mol. The Morgan fingerprint density at radius 3 is 2.51 bits per heavy atom. The quantitative estimate of drug-likeness (QED) is 0.143. The van der Waals surface area contributed by atoms with Crippen molar-refractivity contribution in [3.63, 3.8) is 0 Å². The lowest BCUT2D eigenvalue weighted by Gasteiger charge is -2.26. The Labute approximate surface area is 250 Å². The number of sulfonamides is 1. The highest BCUT2D eigenvalue weighted by Crippen LogP contribution is 2.50. The third-order valence-electron chi connectivity index (χ3n) is 6.75. The van der Waals surface area contributed by atoms with Gasteiger partial charge in [-0.15, -0.1) is 0 Å². The summed E-state index contributed by atoms with van der Waals surface area (Å²) in [5.41, 5.74) is 3.21. The standard InChI is InChI=1S/C29H27BrClFN2O6S/c1-33-29(35)26-22-12-21(16-4-5-16)24(13-25(22)40-28(26)17-6-8-19(32)9-7-17)34(41(3,36)37)20-10-18(14-39-15-38-2)27(30)23(31)11-20/h6-13,16H,4-5,14-15H2,1-3H3,(H,33,35). The molecule has 0 bridgehead atoms. The van der Waals surface area contributed by atoms with Gasteiger partial charge in [-0.1, -0.05) is 11.6 Å². The highest BCUT2D eigenvalue weighted by atomic mass is 79.9. The van der Waals surface area contributed by atoms with E-state index in [-0.39, 0.29) is 36.5 Å². The van der Waals surface area contributed by atoms with E-state index in [2.05, 4.69) is 21.2 Å². The summed E-state index contributed by atoms with van der Waals surface area (Å²) in [6.45, 7) is 0.179. The molecule has 4 aromatic rings. The highest BCUT2D eigenvalue weighted by molar-refractivity contribution is 9.10. The summed E-state index contributed by atoms with van der Waals surface area (Å²) in [7, 11) is -0.868. The number of furan rings is 1. The third-order valence-corrected chi connectivity index (χ3v) is 9.28. The lowest BCUT2D eigenvalue weighted by molar-refractivity contribution is -0.0392. The normalized spacial score (nSPS) is 13.5. The number of carbonyl (C=O) groups is 1. The van der Waals surface area contributed by atoms with E-state index in [0.29, 0.717) is 43.0 Å². The number of amides is 1. The second-order valence-electron chi connectivity index (χ2n) is 9.76. The smallest absolute Gasteiger partial charge is 0.255 e. The van der Waals surface area contributed by atoms with Crippen molar-refractivity contribution < 1.29 is 31.5 Å². The zero-order valence-electron chi connectivity index (χ0n) is 22.5. The molecule has 1 aliphatic rings. The fraction of sp³-hybridized carbons (Fsp3) is 0.276. The largest absolute Gasteiger partial charge is 0.455 e. The molecule has 0 spiro atoms. The Bertz CT molecular complexity index is 1740. The van der Waals surface area contributed by atoms with Crippen LogP contribution in [0.4, 0.5) is 15.8 Å². The SMILES string of the molecule is CNC(=O)c1c(-c2ccc(F)cc2)oc2cc(N(c3cc(Cl)c(Br)c(COCOC)c3)S(C)(=O)=O)c(C3CC3)cc12. The second kappa shape index (κ2) is 11.7. The van der Waals surface area contributed by atoms with Crippen LogP contribution in [-0.4, -0.2) is 41.5 Å². The lowest BCUT2D eigenvalue weighted by Crippen LogP contribution is -2.26. The molecule has 1 heterocycles. The van der Waals surface area contributed by atoms with Crippen molar-refractivity contribution in [1.29, 1.82) is 0 Å². The van der Waals surface area contributed by atoms with Gasteiger partial charge < -0.3 is 19.2 Å². The summed E-state index contributed by atoms with van der Waals surface area (Å²) in [4.78, 5) is 13.1. The number of methoxy groups -OCH3 is 1. The molecule has 41 heavy (non-hydrogen) atoms. The van der Waals surface area contributed by atoms with E-state index in [1.807, 2.05) is 6.07 Å². The molecule has 1 amide bonds. The first-order chi connectivity index (χ1) is 19.5. The predicted molar refractivity (Wildman–Crippen MR) is 160 cm³/mol. The summed E-state index contributed by atoms with van der Waals surface area (Å²) in [6, 6.07) is 12.3. The molecule has 8 nitrogen and oxygen atoms in total. The number of hydrogen-bond donors (Lipinski definition) is 1. The van der Waals surface area contributed by atoms with Crippen molar-refractivity contribution in [3.05, 3.63) is 80.5 Å². The summed E-state index contributed by atoms with van der Waals surface area (Å²) >= 11 is 10.00. The van der Waals surface area contributed by atoms with Crippen LogP contribution >= 0.6 is 27.5 Å². The molecule has 3 aromatic carbocycles. The summed E-state index contributed by atoms with van der Waals surface area (Å²) in [6.07, 6.45) is 2.85. The van der Waals surface area contributed by atoms with E-state index < -0.39 is 15.8 Å². The first-order valence-electron chi connectivity index (χ1n) is 12.7.